The molecular formula is C9H2ClF15. The monoisotopic (exact) mass is 430 g/mol. The summed E-state index contributed by atoms with van der Waals surface area (Å²) in [4.78, 5) is 0. The van der Waals surface area contributed by atoms with Crippen LogP contribution in [0, 0.1) is 0 Å². The molecule has 0 aromatic rings. The van der Waals surface area contributed by atoms with Crippen molar-refractivity contribution in [2.24, 2.45) is 0 Å². The summed E-state index contributed by atoms with van der Waals surface area (Å²) in [5.74, 6) is -21.5. The first-order valence-corrected chi connectivity index (χ1v) is 5.58. The number of hydrogen-bond acceptors (Lipinski definition) is 0. The zero-order valence-electron chi connectivity index (χ0n) is 10.7. The predicted molar refractivity (Wildman–Crippen MR) is 50.7 cm³/mol. The minimum atomic E-state index is -7.97. The van der Waals surface area contributed by atoms with Gasteiger partial charge in [-0.1, -0.05) is 11.6 Å². The maximum Gasteiger partial charge on any atom is 0.437 e. The van der Waals surface area contributed by atoms with E-state index in [1.54, 1.807) is 0 Å². The number of hydrogen-bond donors (Lipinski definition) is 0. The van der Waals surface area contributed by atoms with Gasteiger partial charge in [-0.3, -0.25) is 0 Å². The zero-order valence-corrected chi connectivity index (χ0v) is 11.5. The van der Waals surface area contributed by atoms with Gasteiger partial charge in [0, 0.05) is 0 Å². The van der Waals surface area contributed by atoms with E-state index in [2.05, 4.69) is 11.6 Å². The molecule has 0 aliphatic carbocycles. The fourth-order valence-corrected chi connectivity index (χ4v) is 1.45. The summed E-state index contributed by atoms with van der Waals surface area (Å²) in [6.45, 7) is 0. The molecule has 0 spiro atoms. The lowest BCUT2D eigenvalue weighted by atomic mass is 9.87. The highest BCUT2D eigenvalue weighted by Gasteiger charge is 2.89. The molecule has 0 saturated heterocycles. The predicted octanol–water partition coefficient (Wildman–Crippen LogP) is 6.11. The van der Waals surface area contributed by atoms with Crippen LogP contribution in [-0.4, -0.2) is 42.0 Å². The second kappa shape index (κ2) is 6.30. The van der Waals surface area contributed by atoms with Crippen molar-refractivity contribution in [1.82, 2.24) is 0 Å². The van der Waals surface area contributed by atoms with Crippen LogP contribution in [0.1, 0.15) is 0 Å². The fraction of sp³-hybridized carbons (Fsp3) is 0.778. The Morgan fingerprint density at radius 1 is 0.680 bits per heavy atom. The lowest BCUT2D eigenvalue weighted by Crippen LogP contribution is -2.71. The van der Waals surface area contributed by atoms with Crippen LogP contribution >= 0.6 is 11.6 Å². The van der Waals surface area contributed by atoms with Gasteiger partial charge in [0.15, 0.2) is 0 Å². The van der Waals surface area contributed by atoms with Crippen molar-refractivity contribution in [3.63, 3.8) is 0 Å². The van der Waals surface area contributed by atoms with E-state index in [1.165, 1.54) is 0 Å². The minimum Gasteiger partial charge on any atom is -0.234 e. The van der Waals surface area contributed by atoms with Gasteiger partial charge in [-0.15, -0.1) is 0 Å². The highest BCUT2D eigenvalue weighted by atomic mass is 35.5. The Bertz CT molecular complexity index is 498. The third-order valence-corrected chi connectivity index (χ3v) is 3.01. The van der Waals surface area contributed by atoms with Gasteiger partial charge in [-0.2, -0.15) is 52.7 Å². The van der Waals surface area contributed by atoms with Crippen molar-refractivity contribution >= 4 is 11.6 Å². The van der Waals surface area contributed by atoms with Crippen molar-refractivity contribution in [1.29, 1.82) is 0 Å². The molecule has 25 heavy (non-hydrogen) atoms. The summed E-state index contributed by atoms with van der Waals surface area (Å²) in [5, 5.41) is -3.04. The Morgan fingerprint density at radius 2 is 1.00 bits per heavy atom. The van der Waals surface area contributed by atoms with E-state index in [-0.39, 0.29) is 0 Å². The van der Waals surface area contributed by atoms with Crippen molar-refractivity contribution in [2.45, 2.75) is 42.0 Å². The maximum absolute atomic E-state index is 13.1. The van der Waals surface area contributed by atoms with Crippen molar-refractivity contribution in [3.05, 3.63) is 11.4 Å². The third kappa shape index (κ3) is 3.35. The van der Waals surface area contributed by atoms with Gasteiger partial charge in [0.2, 0.25) is 6.17 Å². The first-order chi connectivity index (χ1) is 10.6. The van der Waals surface area contributed by atoms with E-state index in [0.717, 1.165) is 0 Å². The lowest BCUT2D eigenvalue weighted by Gasteiger charge is -2.40. The lowest BCUT2D eigenvalue weighted by molar-refractivity contribution is -0.417. The summed E-state index contributed by atoms with van der Waals surface area (Å²) in [6, 6.07) is 0. The molecule has 150 valence electrons. The van der Waals surface area contributed by atoms with Gasteiger partial charge in [0.1, 0.15) is 11.4 Å². The van der Waals surface area contributed by atoms with Crippen LogP contribution < -0.4 is 0 Å². The Morgan fingerprint density at radius 3 is 1.24 bits per heavy atom. The molecule has 1 atom stereocenters. The normalized spacial score (nSPS) is 17.7. The first-order valence-electron chi connectivity index (χ1n) is 5.20. The van der Waals surface area contributed by atoms with E-state index < -0.39 is 53.3 Å². The van der Waals surface area contributed by atoms with E-state index in [1.807, 2.05) is 0 Å². The molecule has 0 fully saturated rings. The smallest absolute Gasteiger partial charge is 0.234 e. The van der Waals surface area contributed by atoms with E-state index in [4.69, 9.17) is 0 Å². The first kappa shape index (κ1) is 24.0. The summed E-state index contributed by atoms with van der Waals surface area (Å²) in [5.41, 5.74) is -7.97. The second-order valence-corrected chi connectivity index (χ2v) is 4.70. The van der Waals surface area contributed by atoms with Gasteiger partial charge in [0.05, 0.1) is 0 Å². The molecule has 0 saturated carbocycles. The molecule has 0 N–H and O–H groups in total. The van der Waals surface area contributed by atoms with Crippen LogP contribution in [0.25, 0.3) is 0 Å². The topological polar surface area (TPSA) is 0 Å². The van der Waals surface area contributed by atoms with Crippen LogP contribution in [0.5, 0.6) is 0 Å². The van der Waals surface area contributed by atoms with Crippen LogP contribution in [0.3, 0.4) is 0 Å². The largest absolute Gasteiger partial charge is 0.437 e. The quantitative estimate of drug-likeness (QED) is 0.462. The molecular weight excluding hydrogens is 429 g/mol. The molecule has 0 aliphatic rings. The Balaban J connectivity index is 6.50. The summed E-state index contributed by atoms with van der Waals surface area (Å²) < 4.78 is 189. The zero-order chi connectivity index (χ0) is 20.9. The molecule has 0 amide bonds. The highest BCUT2D eigenvalue weighted by molar-refractivity contribution is 6.30. The Kier molecular flexibility index (Phi) is 6.04. The van der Waals surface area contributed by atoms with Gasteiger partial charge in [-0.05, 0) is 0 Å². The molecule has 16 heteroatoms. The molecule has 0 aromatic heterocycles. The molecule has 0 nitrogen and oxygen atoms in total. The summed E-state index contributed by atoms with van der Waals surface area (Å²) in [7, 11) is 0. The summed E-state index contributed by atoms with van der Waals surface area (Å²) >= 11 is 4.14. The molecule has 0 aromatic carbocycles. The highest BCUT2D eigenvalue weighted by Crippen LogP contribution is 2.59. The van der Waals surface area contributed by atoms with Gasteiger partial charge in [-0.25, -0.2) is 13.2 Å². The van der Waals surface area contributed by atoms with Crippen LogP contribution in [0.2, 0.25) is 0 Å². The van der Waals surface area contributed by atoms with Gasteiger partial charge >= 0.3 is 35.8 Å². The number of alkyl halides is 14. The molecule has 0 radical (unpaired) electrons. The van der Waals surface area contributed by atoms with Crippen LogP contribution in [-0.2, 0) is 0 Å². The third-order valence-electron chi connectivity index (χ3n) is 2.69. The van der Waals surface area contributed by atoms with Crippen LogP contribution in [0.4, 0.5) is 65.9 Å². The SMILES string of the molecule is FC=C(Cl)C(F)(F)C(F)(F)C(F)C(F)(F)C(F)(C(F)(F)F)C(F)(F)F. The molecule has 0 rings (SSSR count). The molecule has 1 unspecified atom stereocenters. The van der Waals surface area contributed by atoms with Gasteiger partial charge in [0.25, 0.3) is 0 Å². The van der Waals surface area contributed by atoms with Crippen LogP contribution in [0.15, 0.2) is 11.4 Å². The fourth-order valence-electron chi connectivity index (χ4n) is 1.33. The van der Waals surface area contributed by atoms with Crippen molar-refractivity contribution in [2.75, 3.05) is 0 Å². The number of halogens is 16. The van der Waals surface area contributed by atoms with E-state index in [0.29, 0.717) is 0 Å². The van der Waals surface area contributed by atoms with E-state index >= 15 is 0 Å². The Labute approximate surface area is 132 Å². The standard InChI is InChI=1S/C9H2ClF15/c10-2(1-11)4(13,14)5(15,16)3(12)6(17,18)7(19,8(20,21)22)9(23,24)25/h1,3H. The number of allylic oxidation sites excluding steroid dienone is 1. The Hall–Kier alpha value is -1.02. The minimum absolute atomic E-state index is 1.61. The molecule has 0 aliphatic heterocycles. The van der Waals surface area contributed by atoms with Gasteiger partial charge < -0.3 is 0 Å². The average Bonchev–Trinajstić information content (AvgIpc) is 2.41. The van der Waals surface area contributed by atoms with Crippen molar-refractivity contribution in [3.8, 4) is 0 Å². The number of rotatable bonds is 5. The molecule has 0 bridgehead atoms. The average molecular weight is 431 g/mol. The molecule has 0 heterocycles. The van der Waals surface area contributed by atoms with E-state index in [9.17, 15) is 65.9 Å². The van der Waals surface area contributed by atoms with Crippen molar-refractivity contribution < 1.29 is 65.9 Å². The second-order valence-electron chi connectivity index (χ2n) is 4.29. The summed E-state index contributed by atoms with van der Waals surface area (Å²) in [6.07, 6.45) is -23.5. The maximum atomic E-state index is 13.1.